The monoisotopic (exact) mass is 313 g/mol. The van der Waals surface area contributed by atoms with E-state index in [0.717, 1.165) is 22.2 Å². The second-order valence-electron chi connectivity index (χ2n) is 5.25. The standard InChI is InChI=1S/C17H16FN3O2/c18-15-4-3-11(6-13(15)10-22)8-20-16(23)7-12-9-21-17-14(12)2-1-5-19-17/h1-6,9,22H,7-8,10H2,(H,19,21)(H,20,23). The number of carbonyl (C=O) groups is 1. The molecule has 6 heteroatoms. The maximum atomic E-state index is 13.3. The zero-order valence-corrected chi connectivity index (χ0v) is 12.3. The summed E-state index contributed by atoms with van der Waals surface area (Å²) in [5.74, 6) is -0.585. The lowest BCUT2D eigenvalue weighted by atomic mass is 10.1. The second kappa shape index (κ2) is 6.58. The molecule has 1 aromatic carbocycles. The van der Waals surface area contributed by atoms with E-state index < -0.39 is 5.82 Å². The zero-order chi connectivity index (χ0) is 16.2. The number of pyridine rings is 1. The molecule has 0 aliphatic rings. The first kappa shape index (κ1) is 15.2. The molecule has 3 rings (SSSR count). The number of aliphatic hydroxyl groups is 1. The molecule has 0 atom stereocenters. The maximum Gasteiger partial charge on any atom is 0.224 e. The van der Waals surface area contributed by atoms with Crippen molar-refractivity contribution in [2.24, 2.45) is 0 Å². The third-order valence-corrected chi connectivity index (χ3v) is 3.66. The minimum absolute atomic E-state index is 0.135. The average Bonchev–Trinajstić information content (AvgIpc) is 2.97. The van der Waals surface area contributed by atoms with Crippen molar-refractivity contribution in [1.29, 1.82) is 0 Å². The number of amides is 1. The van der Waals surface area contributed by atoms with Crippen LogP contribution in [-0.2, 0) is 24.4 Å². The van der Waals surface area contributed by atoms with E-state index in [1.807, 2.05) is 12.1 Å². The number of hydrogen-bond acceptors (Lipinski definition) is 3. The topological polar surface area (TPSA) is 78.0 Å². The summed E-state index contributed by atoms with van der Waals surface area (Å²) in [5, 5.41) is 12.8. The summed E-state index contributed by atoms with van der Waals surface area (Å²) < 4.78 is 13.3. The van der Waals surface area contributed by atoms with Gasteiger partial charge in [-0.05, 0) is 35.4 Å². The van der Waals surface area contributed by atoms with Gasteiger partial charge in [-0.1, -0.05) is 6.07 Å². The molecular weight excluding hydrogens is 297 g/mol. The van der Waals surface area contributed by atoms with Crippen LogP contribution in [0.1, 0.15) is 16.7 Å². The first-order chi connectivity index (χ1) is 11.2. The van der Waals surface area contributed by atoms with E-state index in [2.05, 4.69) is 15.3 Å². The van der Waals surface area contributed by atoms with Gasteiger partial charge in [0.05, 0.1) is 13.0 Å². The molecule has 3 aromatic rings. The molecule has 0 radical (unpaired) electrons. The Balaban J connectivity index is 1.64. The van der Waals surface area contributed by atoms with E-state index in [9.17, 15) is 9.18 Å². The van der Waals surface area contributed by atoms with E-state index >= 15 is 0 Å². The Kier molecular flexibility index (Phi) is 4.34. The summed E-state index contributed by atoms with van der Waals surface area (Å²) in [5.41, 5.74) is 2.59. The number of nitrogens with zero attached hydrogens (tertiary/aromatic N) is 1. The van der Waals surface area contributed by atoms with Crippen molar-refractivity contribution < 1.29 is 14.3 Å². The molecule has 23 heavy (non-hydrogen) atoms. The molecule has 0 unspecified atom stereocenters. The van der Waals surface area contributed by atoms with Crippen LogP contribution in [0.2, 0.25) is 0 Å². The number of halogens is 1. The molecule has 3 N–H and O–H groups in total. The average molecular weight is 313 g/mol. The number of H-pyrrole nitrogens is 1. The van der Waals surface area contributed by atoms with Gasteiger partial charge in [0.15, 0.2) is 0 Å². The van der Waals surface area contributed by atoms with Gasteiger partial charge in [-0.3, -0.25) is 4.79 Å². The highest BCUT2D eigenvalue weighted by molar-refractivity contribution is 5.87. The van der Waals surface area contributed by atoms with Crippen LogP contribution >= 0.6 is 0 Å². The lowest BCUT2D eigenvalue weighted by molar-refractivity contribution is -0.120. The quantitative estimate of drug-likeness (QED) is 0.674. The summed E-state index contributed by atoms with van der Waals surface area (Å²) in [6.07, 6.45) is 3.70. The molecule has 0 aliphatic heterocycles. The Morgan fingerprint density at radius 1 is 1.30 bits per heavy atom. The Morgan fingerprint density at radius 3 is 3.00 bits per heavy atom. The molecule has 1 amide bonds. The van der Waals surface area contributed by atoms with Crippen molar-refractivity contribution in [1.82, 2.24) is 15.3 Å². The predicted molar refractivity (Wildman–Crippen MR) is 84.0 cm³/mol. The number of benzene rings is 1. The molecule has 0 saturated carbocycles. The van der Waals surface area contributed by atoms with Gasteiger partial charge >= 0.3 is 0 Å². The number of rotatable bonds is 5. The Bertz CT molecular complexity index is 845. The van der Waals surface area contributed by atoms with E-state index in [1.165, 1.54) is 6.07 Å². The van der Waals surface area contributed by atoms with Crippen LogP contribution in [0.25, 0.3) is 11.0 Å². The van der Waals surface area contributed by atoms with Gasteiger partial charge in [-0.2, -0.15) is 0 Å². The number of aromatic amines is 1. The smallest absolute Gasteiger partial charge is 0.224 e. The minimum Gasteiger partial charge on any atom is -0.392 e. The van der Waals surface area contributed by atoms with Gasteiger partial charge in [-0.25, -0.2) is 9.37 Å². The first-order valence-corrected chi connectivity index (χ1v) is 7.23. The fourth-order valence-corrected chi connectivity index (χ4v) is 2.45. The van der Waals surface area contributed by atoms with Crippen LogP contribution in [0.3, 0.4) is 0 Å². The van der Waals surface area contributed by atoms with Crippen LogP contribution in [0.4, 0.5) is 4.39 Å². The van der Waals surface area contributed by atoms with Gasteiger partial charge in [-0.15, -0.1) is 0 Å². The molecule has 0 saturated heterocycles. The summed E-state index contributed by atoms with van der Waals surface area (Å²) in [6.45, 7) is -0.0807. The number of carbonyl (C=O) groups excluding carboxylic acids is 1. The highest BCUT2D eigenvalue weighted by Crippen LogP contribution is 2.16. The summed E-state index contributed by atoms with van der Waals surface area (Å²) in [4.78, 5) is 19.3. The van der Waals surface area contributed by atoms with Gasteiger partial charge in [0, 0.05) is 29.9 Å². The van der Waals surface area contributed by atoms with Gasteiger partial charge < -0.3 is 15.4 Å². The highest BCUT2D eigenvalue weighted by Gasteiger charge is 2.09. The van der Waals surface area contributed by atoms with E-state index in [4.69, 9.17) is 5.11 Å². The zero-order valence-electron chi connectivity index (χ0n) is 12.3. The highest BCUT2D eigenvalue weighted by atomic mass is 19.1. The minimum atomic E-state index is -0.450. The van der Waals surface area contributed by atoms with Crippen molar-refractivity contribution in [2.45, 2.75) is 19.6 Å². The molecule has 0 spiro atoms. The fraction of sp³-hybridized carbons (Fsp3) is 0.176. The number of aliphatic hydroxyl groups excluding tert-OH is 1. The van der Waals surface area contributed by atoms with Crippen molar-refractivity contribution in [3.05, 3.63) is 65.2 Å². The lowest BCUT2D eigenvalue weighted by Crippen LogP contribution is -2.24. The molecule has 0 bridgehead atoms. The number of aromatic nitrogens is 2. The molecule has 2 aromatic heterocycles. The SMILES string of the molecule is O=C(Cc1c[nH]c2ncccc12)NCc1ccc(F)c(CO)c1. The van der Waals surface area contributed by atoms with Crippen molar-refractivity contribution in [2.75, 3.05) is 0 Å². The van der Waals surface area contributed by atoms with Crippen molar-refractivity contribution in [3.8, 4) is 0 Å². The molecule has 2 heterocycles. The van der Waals surface area contributed by atoms with Crippen molar-refractivity contribution >= 4 is 16.9 Å². The Labute approximate surface area is 132 Å². The summed E-state index contributed by atoms with van der Waals surface area (Å²) in [6, 6.07) is 8.16. The van der Waals surface area contributed by atoms with Crippen LogP contribution < -0.4 is 5.32 Å². The molecule has 118 valence electrons. The first-order valence-electron chi connectivity index (χ1n) is 7.23. The summed E-state index contributed by atoms with van der Waals surface area (Å²) in [7, 11) is 0. The van der Waals surface area contributed by atoms with E-state index in [1.54, 1.807) is 24.5 Å². The third-order valence-electron chi connectivity index (χ3n) is 3.66. The normalized spacial score (nSPS) is 10.9. The summed E-state index contributed by atoms with van der Waals surface area (Å²) >= 11 is 0. The Hall–Kier alpha value is -2.73. The predicted octanol–water partition coefficient (Wildman–Crippen LogP) is 2.05. The van der Waals surface area contributed by atoms with E-state index in [-0.39, 0.29) is 31.0 Å². The number of hydrogen-bond donors (Lipinski definition) is 3. The fourth-order valence-electron chi connectivity index (χ4n) is 2.45. The Morgan fingerprint density at radius 2 is 2.17 bits per heavy atom. The molecular formula is C17H16FN3O2. The van der Waals surface area contributed by atoms with Crippen molar-refractivity contribution in [3.63, 3.8) is 0 Å². The van der Waals surface area contributed by atoms with Crippen LogP contribution in [0.15, 0.2) is 42.7 Å². The van der Waals surface area contributed by atoms with Gasteiger partial charge in [0.2, 0.25) is 5.91 Å². The van der Waals surface area contributed by atoms with Crippen LogP contribution in [0.5, 0.6) is 0 Å². The number of fused-ring (bicyclic) bond motifs is 1. The second-order valence-corrected chi connectivity index (χ2v) is 5.25. The van der Waals surface area contributed by atoms with Crippen LogP contribution in [0, 0.1) is 5.82 Å². The molecule has 5 nitrogen and oxygen atoms in total. The third kappa shape index (κ3) is 3.37. The largest absolute Gasteiger partial charge is 0.392 e. The van der Waals surface area contributed by atoms with Gasteiger partial charge in [0.25, 0.3) is 0 Å². The van der Waals surface area contributed by atoms with Gasteiger partial charge in [0.1, 0.15) is 11.5 Å². The lowest BCUT2D eigenvalue weighted by Gasteiger charge is -2.07. The van der Waals surface area contributed by atoms with E-state index in [0.29, 0.717) is 0 Å². The van der Waals surface area contributed by atoms with Crippen LogP contribution in [-0.4, -0.2) is 21.0 Å². The molecule has 0 aliphatic carbocycles. The number of nitrogens with one attached hydrogen (secondary N) is 2. The molecule has 0 fully saturated rings. The maximum absolute atomic E-state index is 13.3.